The standard InChI is InChI=1S/C16H12BrFN2OS/c17-12-9-10(18)5-6-11(12)16(21)19-8-7-15-20-13-3-1-2-4-14(13)22-15/h1-6,9H,7-8H2,(H,19,21). The number of para-hydroxylation sites is 1. The van der Waals surface area contributed by atoms with Gasteiger partial charge in [0.25, 0.3) is 5.91 Å². The topological polar surface area (TPSA) is 42.0 Å². The fraction of sp³-hybridized carbons (Fsp3) is 0.125. The van der Waals surface area contributed by atoms with Crippen LogP contribution < -0.4 is 5.32 Å². The van der Waals surface area contributed by atoms with Crippen molar-refractivity contribution in [3.63, 3.8) is 0 Å². The Morgan fingerprint density at radius 1 is 1.27 bits per heavy atom. The number of aromatic nitrogens is 1. The molecule has 0 unspecified atom stereocenters. The molecule has 0 fully saturated rings. The number of halogens is 2. The van der Waals surface area contributed by atoms with Gasteiger partial charge in [0, 0.05) is 17.4 Å². The lowest BCUT2D eigenvalue weighted by atomic mass is 10.2. The fourth-order valence-corrected chi connectivity index (χ4v) is 3.58. The van der Waals surface area contributed by atoms with Crippen LogP contribution in [0.4, 0.5) is 4.39 Å². The fourth-order valence-electron chi connectivity index (χ4n) is 2.08. The number of hydrogen-bond donors (Lipinski definition) is 1. The number of amides is 1. The number of rotatable bonds is 4. The van der Waals surface area contributed by atoms with E-state index in [2.05, 4.69) is 26.2 Å². The van der Waals surface area contributed by atoms with Gasteiger partial charge in [0.2, 0.25) is 0 Å². The van der Waals surface area contributed by atoms with E-state index in [9.17, 15) is 9.18 Å². The highest BCUT2D eigenvalue weighted by molar-refractivity contribution is 9.10. The Labute approximate surface area is 139 Å². The molecule has 6 heteroatoms. The normalized spacial score (nSPS) is 10.8. The maximum absolute atomic E-state index is 13.0. The molecule has 0 radical (unpaired) electrons. The van der Waals surface area contributed by atoms with Gasteiger partial charge in [-0.2, -0.15) is 0 Å². The van der Waals surface area contributed by atoms with Crippen LogP contribution in [-0.4, -0.2) is 17.4 Å². The van der Waals surface area contributed by atoms with Crippen molar-refractivity contribution >= 4 is 43.4 Å². The summed E-state index contributed by atoms with van der Waals surface area (Å²) in [5.41, 5.74) is 1.40. The third kappa shape index (κ3) is 3.34. The van der Waals surface area contributed by atoms with Crippen LogP contribution in [0.15, 0.2) is 46.9 Å². The second-order valence-corrected chi connectivity index (χ2v) is 6.67. The zero-order valence-corrected chi connectivity index (χ0v) is 13.9. The molecule has 0 bridgehead atoms. The number of nitrogens with one attached hydrogen (secondary N) is 1. The monoisotopic (exact) mass is 378 g/mol. The third-order valence-corrected chi connectivity index (χ3v) is 4.89. The minimum Gasteiger partial charge on any atom is -0.352 e. The number of fused-ring (bicyclic) bond motifs is 1. The molecule has 3 nitrogen and oxygen atoms in total. The number of carbonyl (C=O) groups excluding carboxylic acids is 1. The lowest BCUT2D eigenvalue weighted by molar-refractivity contribution is 0.0953. The van der Waals surface area contributed by atoms with Gasteiger partial charge in [-0.3, -0.25) is 4.79 Å². The molecule has 112 valence electrons. The largest absolute Gasteiger partial charge is 0.352 e. The van der Waals surface area contributed by atoms with Crippen LogP contribution >= 0.6 is 27.3 Å². The molecule has 2 aromatic carbocycles. The summed E-state index contributed by atoms with van der Waals surface area (Å²) in [6, 6.07) is 12.0. The lowest BCUT2D eigenvalue weighted by Gasteiger charge is -2.06. The SMILES string of the molecule is O=C(NCCc1nc2ccccc2s1)c1ccc(F)cc1Br. The summed E-state index contributed by atoms with van der Waals surface area (Å²) in [4.78, 5) is 16.6. The lowest BCUT2D eigenvalue weighted by Crippen LogP contribution is -2.26. The first kappa shape index (κ1) is 15.1. The molecule has 0 aliphatic heterocycles. The maximum atomic E-state index is 13.0. The van der Waals surface area contributed by atoms with E-state index in [4.69, 9.17) is 0 Å². The van der Waals surface area contributed by atoms with Crippen LogP contribution in [0.2, 0.25) is 0 Å². The molecular weight excluding hydrogens is 367 g/mol. The molecule has 0 atom stereocenters. The highest BCUT2D eigenvalue weighted by atomic mass is 79.9. The minimum atomic E-state index is -0.377. The van der Waals surface area contributed by atoms with Crippen molar-refractivity contribution in [2.75, 3.05) is 6.54 Å². The van der Waals surface area contributed by atoms with Crippen LogP contribution in [0.3, 0.4) is 0 Å². The third-order valence-electron chi connectivity index (χ3n) is 3.14. The summed E-state index contributed by atoms with van der Waals surface area (Å²) in [5.74, 6) is -0.606. The van der Waals surface area contributed by atoms with Gasteiger partial charge in [-0.1, -0.05) is 12.1 Å². The zero-order valence-electron chi connectivity index (χ0n) is 11.5. The number of carbonyl (C=O) groups is 1. The molecule has 3 rings (SSSR count). The molecule has 3 aromatic rings. The van der Waals surface area contributed by atoms with Crippen molar-refractivity contribution in [2.24, 2.45) is 0 Å². The summed E-state index contributed by atoms with van der Waals surface area (Å²) in [6.45, 7) is 0.489. The van der Waals surface area contributed by atoms with Gasteiger partial charge in [0.1, 0.15) is 5.82 Å². The Hall–Kier alpha value is -1.79. The van der Waals surface area contributed by atoms with Gasteiger partial charge in [0.15, 0.2) is 0 Å². The van der Waals surface area contributed by atoms with Gasteiger partial charge in [-0.05, 0) is 46.3 Å². The van der Waals surface area contributed by atoms with Gasteiger partial charge in [-0.15, -0.1) is 11.3 Å². The van der Waals surface area contributed by atoms with E-state index in [1.54, 1.807) is 11.3 Å². The van der Waals surface area contributed by atoms with Crippen LogP contribution in [0, 0.1) is 5.82 Å². The minimum absolute atomic E-state index is 0.229. The van der Waals surface area contributed by atoms with E-state index in [1.807, 2.05) is 24.3 Å². The molecule has 1 aromatic heterocycles. The molecule has 0 saturated heterocycles. The molecule has 22 heavy (non-hydrogen) atoms. The first-order valence-corrected chi connectivity index (χ1v) is 8.32. The average Bonchev–Trinajstić information content (AvgIpc) is 2.89. The van der Waals surface area contributed by atoms with Gasteiger partial charge >= 0.3 is 0 Å². The van der Waals surface area contributed by atoms with Crippen LogP contribution in [0.5, 0.6) is 0 Å². The van der Waals surface area contributed by atoms with Gasteiger partial charge in [-0.25, -0.2) is 9.37 Å². The summed E-state index contributed by atoms with van der Waals surface area (Å²) < 4.78 is 14.6. The summed E-state index contributed by atoms with van der Waals surface area (Å²) >= 11 is 4.83. The van der Waals surface area contributed by atoms with Crippen molar-refractivity contribution in [3.05, 3.63) is 63.3 Å². The number of thiazole rings is 1. The second kappa shape index (κ2) is 6.54. The molecular formula is C16H12BrFN2OS. The Bertz CT molecular complexity index is 801. The predicted molar refractivity (Wildman–Crippen MR) is 89.8 cm³/mol. The van der Waals surface area contributed by atoms with Gasteiger partial charge < -0.3 is 5.32 Å². The van der Waals surface area contributed by atoms with Crippen LogP contribution in [0.25, 0.3) is 10.2 Å². The van der Waals surface area contributed by atoms with Crippen molar-refractivity contribution in [3.8, 4) is 0 Å². The zero-order chi connectivity index (χ0) is 15.5. The molecule has 1 heterocycles. The number of benzene rings is 2. The summed E-state index contributed by atoms with van der Waals surface area (Å²) in [5, 5.41) is 3.81. The maximum Gasteiger partial charge on any atom is 0.252 e. The molecule has 1 N–H and O–H groups in total. The molecule has 0 aliphatic carbocycles. The first-order chi connectivity index (χ1) is 10.6. The summed E-state index contributed by atoms with van der Waals surface area (Å²) in [7, 11) is 0. The Morgan fingerprint density at radius 3 is 2.86 bits per heavy atom. The van der Waals surface area contributed by atoms with Crippen molar-refractivity contribution in [1.29, 1.82) is 0 Å². The first-order valence-electron chi connectivity index (χ1n) is 6.71. The van der Waals surface area contributed by atoms with E-state index in [0.29, 0.717) is 23.0 Å². The van der Waals surface area contributed by atoms with Crippen LogP contribution in [-0.2, 0) is 6.42 Å². The highest BCUT2D eigenvalue weighted by Crippen LogP contribution is 2.22. The van der Waals surface area contributed by atoms with E-state index in [0.717, 1.165) is 15.2 Å². The molecule has 0 saturated carbocycles. The number of nitrogens with zero attached hydrogens (tertiary/aromatic N) is 1. The van der Waals surface area contributed by atoms with Crippen LogP contribution in [0.1, 0.15) is 15.4 Å². The Kier molecular flexibility index (Phi) is 4.49. The van der Waals surface area contributed by atoms with Crippen molar-refractivity contribution in [1.82, 2.24) is 10.3 Å². The van der Waals surface area contributed by atoms with Crippen molar-refractivity contribution in [2.45, 2.75) is 6.42 Å². The van der Waals surface area contributed by atoms with E-state index in [1.165, 1.54) is 18.2 Å². The van der Waals surface area contributed by atoms with Gasteiger partial charge in [0.05, 0.1) is 20.8 Å². The second-order valence-electron chi connectivity index (χ2n) is 4.71. The molecule has 0 aliphatic rings. The molecule has 1 amide bonds. The highest BCUT2D eigenvalue weighted by Gasteiger charge is 2.10. The Morgan fingerprint density at radius 2 is 2.09 bits per heavy atom. The van der Waals surface area contributed by atoms with E-state index in [-0.39, 0.29) is 11.7 Å². The van der Waals surface area contributed by atoms with E-state index >= 15 is 0 Å². The summed E-state index contributed by atoms with van der Waals surface area (Å²) in [6.07, 6.45) is 0.671. The quantitative estimate of drug-likeness (QED) is 0.739. The molecule has 0 spiro atoms. The predicted octanol–water partition coefficient (Wildman–Crippen LogP) is 4.17. The Balaban J connectivity index is 1.61. The van der Waals surface area contributed by atoms with E-state index < -0.39 is 0 Å². The average molecular weight is 379 g/mol. The smallest absolute Gasteiger partial charge is 0.252 e. The number of hydrogen-bond acceptors (Lipinski definition) is 3. The van der Waals surface area contributed by atoms with Crippen molar-refractivity contribution < 1.29 is 9.18 Å².